The maximum Gasteiger partial charge on any atom is 0.433 e. The summed E-state index contributed by atoms with van der Waals surface area (Å²) in [6, 6.07) is 3.79. The highest BCUT2D eigenvalue weighted by molar-refractivity contribution is 5.74. The minimum Gasteiger partial charge on any atom is -0.338 e. The molecule has 2 aliphatic rings. The second-order valence-electron chi connectivity index (χ2n) is 6.96. The third kappa shape index (κ3) is 4.39. The summed E-state index contributed by atoms with van der Waals surface area (Å²) in [6.45, 7) is 0.262. The van der Waals surface area contributed by atoms with Gasteiger partial charge in [0.1, 0.15) is 5.69 Å². The molecule has 2 aliphatic carbocycles. The van der Waals surface area contributed by atoms with Gasteiger partial charge in [-0.25, -0.2) is 9.78 Å². The molecule has 3 rings (SSSR count). The van der Waals surface area contributed by atoms with Gasteiger partial charge in [0.2, 0.25) is 0 Å². The minimum atomic E-state index is -4.44. The zero-order valence-corrected chi connectivity index (χ0v) is 13.5. The monoisotopic (exact) mass is 341 g/mol. The number of rotatable bonds is 4. The largest absolute Gasteiger partial charge is 0.433 e. The predicted molar refractivity (Wildman–Crippen MR) is 83.4 cm³/mol. The first-order valence-electron chi connectivity index (χ1n) is 8.44. The molecule has 1 unspecified atom stereocenters. The average molecular weight is 341 g/mol. The molecule has 2 N–H and O–H groups in total. The lowest BCUT2D eigenvalue weighted by Crippen LogP contribution is -2.45. The van der Waals surface area contributed by atoms with Crippen molar-refractivity contribution in [2.24, 2.45) is 5.41 Å². The minimum absolute atomic E-state index is 0.216. The number of halogens is 3. The van der Waals surface area contributed by atoms with Crippen LogP contribution in [0.15, 0.2) is 18.2 Å². The predicted octanol–water partition coefficient (Wildman–Crippen LogP) is 3.66. The molecule has 0 radical (unpaired) electrons. The van der Waals surface area contributed by atoms with Crippen LogP contribution in [0, 0.1) is 5.41 Å². The zero-order valence-electron chi connectivity index (χ0n) is 13.5. The van der Waals surface area contributed by atoms with E-state index in [0.29, 0.717) is 11.1 Å². The van der Waals surface area contributed by atoms with E-state index in [0.717, 1.165) is 25.3 Å². The zero-order chi connectivity index (χ0) is 17.2. The summed E-state index contributed by atoms with van der Waals surface area (Å²) in [6.07, 6.45) is 2.85. The summed E-state index contributed by atoms with van der Waals surface area (Å²) < 4.78 is 37.8. The summed E-state index contributed by atoms with van der Waals surface area (Å²) in [5.74, 6) is 0. The first kappa shape index (κ1) is 17.0. The van der Waals surface area contributed by atoms with Gasteiger partial charge < -0.3 is 10.6 Å². The number of carbonyl (C=O) groups is 1. The van der Waals surface area contributed by atoms with Crippen LogP contribution in [0.5, 0.6) is 0 Å². The smallest absolute Gasteiger partial charge is 0.338 e. The van der Waals surface area contributed by atoms with E-state index in [9.17, 15) is 18.0 Å². The molecule has 0 aromatic carbocycles. The van der Waals surface area contributed by atoms with Crippen LogP contribution in [0.4, 0.5) is 18.0 Å². The fourth-order valence-electron chi connectivity index (χ4n) is 3.52. The fourth-order valence-corrected chi connectivity index (χ4v) is 3.52. The second-order valence-corrected chi connectivity index (χ2v) is 6.96. The van der Waals surface area contributed by atoms with E-state index >= 15 is 0 Å². The van der Waals surface area contributed by atoms with E-state index in [1.807, 2.05) is 0 Å². The Kier molecular flexibility index (Phi) is 4.69. The molecule has 1 spiro atoms. The van der Waals surface area contributed by atoms with Gasteiger partial charge in [-0.1, -0.05) is 12.5 Å². The van der Waals surface area contributed by atoms with E-state index in [1.54, 1.807) is 0 Å². The van der Waals surface area contributed by atoms with Gasteiger partial charge in [0.15, 0.2) is 0 Å². The molecule has 24 heavy (non-hydrogen) atoms. The highest BCUT2D eigenvalue weighted by Crippen LogP contribution is 2.56. The van der Waals surface area contributed by atoms with Crippen LogP contribution in [0.25, 0.3) is 0 Å². The number of hydrogen-bond donors (Lipinski definition) is 2. The van der Waals surface area contributed by atoms with Gasteiger partial charge in [-0.05, 0) is 49.7 Å². The maximum absolute atomic E-state index is 12.6. The number of aromatic nitrogens is 1. The first-order valence-corrected chi connectivity index (χ1v) is 8.44. The number of alkyl halides is 3. The number of urea groups is 1. The third-order valence-electron chi connectivity index (χ3n) is 5.00. The molecule has 1 heterocycles. The highest BCUT2D eigenvalue weighted by atomic mass is 19.4. The molecular formula is C17H22F3N3O. The number of amides is 2. The van der Waals surface area contributed by atoms with Gasteiger partial charge in [0.25, 0.3) is 0 Å². The number of pyridine rings is 1. The fraction of sp³-hybridized carbons (Fsp3) is 0.647. The molecule has 0 bridgehead atoms. The molecule has 132 valence electrons. The van der Waals surface area contributed by atoms with E-state index in [4.69, 9.17) is 0 Å². The van der Waals surface area contributed by atoms with E-state index in [1.165, 1.54) is 31.4 Å². The Hall–Kier alpha value is -1.79. The third-order valence-corrected chi connectivity index (χ3v) is 5.00. The molecule has 1 aromatic heterocycles. The molecule has 1 aromatic rings. The van der Waals surface area contributed by atoms with Crippen molar-refractivity contribution in [2.45, 2.75) is 57.2 Å². The Morgan fingerprint density at radius 3 is 2.79 bits per heavy atom. The van der Waals surface area contributed by atoms with E-state index in [2.05, 4.69) is 15.6 Å². The highest BCUT2D eigenvalue weighted by Gasteiger charge is 2.45. The van der Waals surface area contributed by atoms with Crippen molar-refractivity contribution in [1.82, 2.24) is 15.6 Å². The molecular weight excluding hydrogens is 319 g/mol. The topological polar surface area (TPSA) is 54.0 Å². The Bertz CT molecular complexity index is 599. The van der Waals surface area contributed by atoms with Crippen molar-refractivity contribution in [3.63, 3.8) is 0 Å². The molecule has 2 amide bonds. The van der Waals surface area contributed by atoms with Crippen LogP contribution in [0.2, 0.25) is 0 Å². The molecule has 2 fully saturated rings. The van der Waals surface area contributed by atoms with Crippen molar-refractivity contribution in [3.8, 4) is 0 Å². The number of nitrogens with zero attached hydrogens (tertiary/aromatic N) is 1. The lowest BCUT2D eigenvalue weighted by molar-refractivity contribution is -0.141. The standard InChI is InChI=1S/C17H22F3N3O/c18-17(19,20)14-5-1-3-12(22-14)6-10-21-15(24)23-13-4-2-7-16(11-13)8-9-16/h1,3,5,13H,2,4,6-11H2,(H2,21,23,24). The molecule has 1 atom stereocenters. The van der Waals surface area contributed by atoms with Crippen LogP contribution >= 0.6 is 0 Å². The average Bonchev–Trinajstić information content (AvgIpc) is 3.25. The molecule has 7 heteroatoms. The molecule has 2 saturated carbocycles. The maximum atomic E-state index is 12.6. The summed E-state index contributed by atoms with van der Waals surface area (Å²) in [5.41, 5.74) is -0.0980. The Labute approximate surface area is 139 Å². The quantitative estimate of drug-likeness (QED) is 0.878. The first-order chi connectivity index (χ1) is 11.4. The van der Waals surface area contributed by atoms with Crippen molar-refractivity contribution in [1.29, 1.82) is 0 Å². The summed E-state index contributed by atoms with van der Waals surface area (Å²) >= 11 is 0. The van der Waals surface area contributed by atoms with Crippen LogP contribution in [0.3, 0.4) is 0 Å². The van der Waals surface area contributed by atoms with Crippen LogP contribution in [-0.2, 0) is 12.6 Å². The van der Waals surface area contributed by atoms with Gasteiger partial charge >= 0.3 is 12.2 Å². The lowest BCUT2D eigenvalue weighted by atomic mass is 9.83. The molecule has 4 nitrogen and oxygen atoms in total. The molecule has 0 aliphatic heterocycles. The SMILES string of the molecule is O=C(NCCc1cccc(C(F)(F)F)n1)NC1CCCC2(CC2)C1. The Morgan fingerprint density at radius 1 is 1.29 bits per heavy atom. The van der Waals surface area contributed by atoms with Crippen molar-refractivity contribution < 1.29 is 18.0 Å². The van der Waals surface area contributed by atoms with E-state index in [-0.39, 0.29) is 25.0 Å². The Morgan fingerprint density at radius 2 is 2.08 bits per heavy atom. The number of nitrogens with one attached hydrogen (secondary N) is 2. The van der Waals surface area contributed by atoms with Gasteiger partial charge in [0, 0.05) is 24.7 Å². The van der Waals surface area contributed by atoms with Crippen LogP contribution in [0.1, 0.15) is 49.9 Å². The summed E-state index contributed by atoms with van der Waals surface area (Å²) in [4.78, 5) is 15.5. The Balaban J connectivity index is 1.42. The van der Waals surface area contributed by atoms with Crippen molar-refractivity contribution >= 4 is 6.03 Å². The number of hydrogen-bond acceptors (Lipinski definition) is 2. The van der Waals surface area contributed by atoms with Crippen molar-refractivity contribution in [2.75, 3.05) is 6.54 Å². The lowest BCUT2D eigenvalue weighted by Gasteiger charge is -2.29. The van der Waals surface area contributed by atoms with Crippen LogP contribution < -0.4 is 10.6 Å². The summed E-state index contributed by atoms with van der Waals surface area (Å²) in [7, 11) is 0. The summed E-state index contributed by atoms with van der Waals surface area (Å²) in [5, 5.41) is 5.70. The molecule has 0 saturated heterocycles. The van der Waals surface area contributed by atoms with Gasteiger partial charge in [0.05, 0.1) is 0 Å². The van der Waals surface area contributed by atoms with Gasteiger partial charge in [-0.2, -0.15) is 13.2 Å². The second kappa shape index (κ2) is 6.61. The normalized spacial score (nSPS) is 22.2. The van der Waals surface area contributed by atoms with Gasteiger partial charge in [-0.3, -0.25) is 0 Å². The van der Waals surface area contributed by atoms with Crippen molar-refractivity contribution in [3.05, 3.63) is 29.6 Å². The van der Waals surface area contributed by atoms with Gasteiger partial charge in [-0.15, -0.1) is 0 Å². The number of carbonyl (C=O) groups excluding carboxylic acids is 1. The van der Waals surface area contributed by atoms with Crippen LogP contribution in [-0.4, -0.2) is 23.6 Å². The van der Waals surface area contributed by atoms with E-state index < -0.39 is 11.9 Å².